The van der Waals surface area contributed by atoms with Crippen molar-refractivity contribution in [3.05, 3.63) is 35.5 Å². The number of carbonyl (C=O) groups excluding carboxylic acids is 2. The van der Waals surface area contributed by atoms with Crippen LogP contribution in [0.1, 0.15) is 49.8 Å². The first-order valence-electron chi connectivity index (χ1n) is 9.63. The van der Waals surface area contributed by atoms with Crippen molar-refractivity contribution in [3.63, 3.8) is 0 Å². The molecule has 0 saturated carbocycles. The van der Waals surface area contributed by atoms with Crippen molar-refractivity contribution in [3.8, 4) is 0 Å². The Morgan fingerprint density at radius 3 is 2.57 bits per heavy atom. The van der Waals surface area contributed by atoms with Gasteiger partial charge in [-0.2, -0.15) is 0 Å². The molecule has 1 aromatic carbocycles. The molecule has 0 bridgehead atoms. The number of aromatic amines is 1. The number of hydrogen-bond acceptors (Lipinski definition) is 3. The zero-order chi connectivity index (χ0) is 20.3. The summed E-state index contributed by atoms with van der Waals surface area (Å²) in [7, 11) is 1.77. The summed E-state index contributed by atoms with van der Waals surface area (Å²) in [6.45, 7) is 2.52. The molecule has 7 nitrogen and oxygen atoms in total. The first kappa shape index (κ1) is 19.9. The molecule has 150 valence electrons. The highest BCUT2D eigenvalue weighted by Crippen LogP contribution is 2.30. The van der Waals surface area contributed by atoms with Crippen molar-refractivity contribution >= 4 is 28.7 Å². The maximum Gasteiger partial charge on any atom is 0.303 e. The Morgan fingerprint density at radius 2 is 1.93 bits per heavy atom. The van der Waals surface area contributed by atoms with E-state index in [-0.39, 0.29) is 24.7 Å². The van der Waals surface area contributed by atoms with Gasteiger partial charge in [0.05, 0.1) is 6.54 Å². The third-order valence-corrected chi connectivity index (χ3v) is 5.76. The zero-order valence-electron chi connectivity index (χ0n) is 16.4. The van der Waals surface area contributed by atoms with Crippen LogP contribution in [0.25, 0.3) is 10.9 Å². The molecular weight excluding hydrogens is 358 g/mol. The van der Waals surface area contributed by atoms with Gasteiger partial charge in [0, 0.05) is 48.4 Å². The summed E-state index contributed by atoms with van der Waals surface area (Å²) < 4.78 is 0. The van der Waals surface area contributed by atoms with E-state index in [2.05, 4.69) is 16.4 Å². The number of carbonyl (C=O) groups is 3. The largest absolute Gasteiger partial charge is 0.481 e. The van der Waals surface area contributed by atoms with Gasteiger partial charge in [-0.3, -0.25) is 14.4 Å². The number of rotatable bonds is 8. The summed E-state index contributed by atoms with van der Waals surface area (Å²) in [4.78, 5) is 40.4. The van der Waals surface area contributed by atoms with E-state index in [0.29, 0.717) is 32.2 Å². The van der Waals surface area contributed by atoms with E-state index < -0.39 is 11.5 Å². The van der Waals surface area contributed by atoms with Gasteiger partial charge in [-0.05, 0) is 37.8 Å². The Balaban J connectivity index is 1.62. The SMILES string of the molecule is Cc1c(CN(C)C(=O)CCC2(CCC(=O)O)CCC(=O)N2)[nH]c2ccccc12. The minimum atomic E-state index is -0.891. The fourth-order valence-electron chi connectivity index (χ4n) is 3.98. The van der Waals surface area contributed by atoms with E-state index in [0.717, 1.165) is 22.2 Å². The molecule has 2 amide bonds. The molecule has 1 fully saturated rings. The Morgan fingerprint density at radius 1 is 1.21 bits per heavy atom. The fraction of sp³-hybridized carbons (Fsp3) is 0.476. The molecule has 0 radical (unpaired) electrons. The van der Waals surface area contributed by atoms with Crippen molar-refractivity contribution in [1.82, 2.24) is 15.2 Å². The van der Waals surface area contributed by atoms with Crippen molar-refractivity contribution in [2.24, 2.45) is 0 Å². The average molecular weight is 385 g/mol. The molecule has 2 heterocycles. The highest BCUT2D eigenvalue weighted by Gasteiger charge is 2.38. The zero-order valence-corrected chi connectivity index (χ0v) is 16.4. The van der Waals surface area contributed by atoms with E-state index in [1.54, 1.807) is 11.9 Å². The van der Waals surface area contributed by atoms with E-state index in [9.17, 15) is 14.4 Å². The fourth-order valence-corrected chi connectivity index (χ4v) is 3.98. The van der Waals surface area contributed by atoms with Gasteiger partial charge in [0.1, 0.15) is 0 Å². The van der Waals surface area contributed by atoms with Crippen molar-refractivity contribution in [2.45, 2.75) is 57.5 Å². The first-order chi connectivity index (χ1) is 13.3. The van der Waals surface area contributed by atoms with Crippen molar-refractivity contribution < 1.29 is 19.5 Å². The average Bonchev–Trinajstić information content (AvgIpc) is 3.19. The second-order valence-electron chi connectivity index (χ2n) is 7.75. The Bertz CT molecular complexity index is 904. The molecular formula is C21H27N3O4. The number of nitrogens with zero attached hydrogens (tertiary/aromatic N) is 1. The number of H-pyrrole nitrogens is 1. The Kier molecular flexibility index (Phi) is 5.72. The van der Waals surface area contributed by atoms with Crippen LogP contribution >= 0.6 is 0 Å². The lowest BCUT2D eigenvalue weighted by atomic mass is 9.86. The lowest BCUT2D eigenvalue weighted by Gasteiger charge is -2.29. The number of aromatic nitrogens is 1. The van der Waals surface area contributed by atoms with Gasteiger partial charge in [0.25, 0.3) is 0 Å². The normalized spacial score (nSPS) is 19.0. The summed E-state index contributed by atoms with van der Waals surface area (Å²) in [6.07, 6.45) is 2.04. The molecule has 3 rings (SSSR count). The van der Waals surface area contributed by atoms with Gasteiger partial charge in [-0.1, -0.05) is 18.2 Å². The number of benzene rings is 1. The van der Waals surface area contributed by atoms with Gasteiger partial charge in [0.2, 0.25) is 11.8 Å². The summed E-state index contributed by atoms with van der Waals surface area (Å²) in [6, 6.07) is 8.04. The van der Waals surface area contributed by atoms with Crippen LogP contribution < -0.4 is 5.32 Å². The predicted octanol–water partition coefficient (Wildman–Crippen LogP) is 2.73. The third kappa shape index (κ3) is 4.35. The van der Waals surface area contributed by atoms with Crippen LogP contribution in [0.2, 0.25) is 0 Å². The van der Waals surface area contributed by atoms with E-state index in [1.807, 2.05) is 25.1 Å². The molecule has 28 heavy (non-hydrogen) atoms. The third-order valence-electron chi connectivity index (χ3n) is 5.76. The maximum absolute atomic E-state index is 12.7. The topological polar surface area (TPSA) is 102 Å². The van der Waals surface area contributed by atoms with Gasteiger partial charge in [-0.25, -0.2) is 0 Å². The molecule has 1 aliphatic heterocycles. The molecule has 7 heteroatoms. The highest BCUT2D eigenvalue weighted by molar-refractivity contribution is 5.84. The molecule has 2 aromatic rings. The monoisotopic (exact) mass is 385 g/mol. The summed E-state index contributed by atoms with van der Waals surface area (Å²) >= 11 is 0. The van der Waals surface area contributed by atoms with Crippen molar-refractivity contribution in [2.75, 3.05) is 7.05 Å². The number of carboxylic acids is 1. The number of nitrogens with one attached hydrogen (secondary N) is 2. The summed E-state index contributed by atoms with van der Waals surface area (Å²) in [5, 5.41) is 13.0. The van der Waals surface area contributed by atoms with E-state index in [1.165, 1.54) is 0 Å². The molecule has 0 spiro atoms. The lowest BCUT2D eigenvalue weighted by Crippen LogP contribution is -2.43. The first-order valence-corrected chi connectivity index (χ1v) is 9.63. The number of aryl methyl sites for hydroxylation is 1. The second kappa shape index (κ2) is 8.04. The van der Waals surface area contributed by atoms with Crippen LogP contribution in [0.5, 0.6) is 0 Å². The Labute approximate surface area is 164 Å². The molecule has 1 aliphatic rings. The van der Waals surface area contributed by atoms with Gasteiger partial charge < -0.3 is 20.3 Å². The van der Waals surface area contributed by atoms with Crippen LogP contribution in [0.15, 0.2) is 24.3 Å². The lowest BCUT2D eigenvalue weighted by molar-refractivity contribution is -0.137. The predicted molar refractivity (Wildman–Crippen MR) is 106 cm³/mol. The minimum Gasteiger partial charge on any atom is -0.481 e. The molecule has 1 aromatic heterocycles. The van der Waals surface area contributed by atoms with Crippen LogP contribution in [-0.4, -0.2) is 45.4 Å². The Hall–Kier alpha value is -2.83. The van der Waals surface area contributed by atoms with E-state index >= 15 is 0 Å². The second-order valence-corrected chi connectivity index (χ2v) is 7.75. The molecule has 1 unspecified atom stereocenters. The van der Waals surface area contributed by atoms with Crippen LogP contribution in [-0.2, 0) is 20.9 Å². The number of fused-ring (bicyclic) bond motifs is 1. The standard InChI is InChI=1S/C21H27N3O4/c1-14-15-5-3-4-6-16(15)22-17(14)13-24(2)19(26)8-11-21(12-9-20(27)28)10-7-18(25)23-21/h3-6,22H,7-13H2,1-2H3,(H,23,25)(H,27,28). The van der Waals surface area contributed by atoms with Crippen molar-refractivity contribution in [1.29, 1.82) is 0 Å². The molecule has 1 saturated heterocycles. The van der Waals surface area contributed by atoms with Crippen LogP contribution in [0, 0.1) is 6.92 Å². The summed E-state index contributed by atoms with van der Waals surface area (Å²) in [5.74, 6) is -0.980. The van der Waals surface area contributed by atoms with E-state index in [4.69, 9.17) is 5.11 Å². The molecule has 3 N–H and O–H groups in total. The smallest absolute Gasteiger partial charge is 0.303 e. The number of amides is 2. The molecule has 0 aliphatic carbocycles. The maximum atomic E-state index is 12.7. The van der Waals surface area contributed by atoms with Crippen LogP contribution in [0.4, 0.5) is 0 Å². The number of para-hydroxylation sites is 1. The quantitative estimate of drug-likeness (QED) is 0.650. The minimum absolute atomic E-state index is 0.0153. The number of aliphatic carboxylic acids is 1. The molecule has 1 atom stereocenters. The summed E-state index contributed by atoms with van der Waals surface area (Å²) in [5.41, 5.74) is 2.61. The van der Waals surface area contributed by atoms with Crippen LogP contribution in [0.3, 0.4) is 0 Å². The van der Waals surface area contributed by atoms with Gasteiger partial charge >= 0.3 is 5.97 Å². The number of hydrogen-bond donors (Lipinski definition) is 3. The highest BCUT2D eigenvalue weighted by atomic mass is 16.4. The number of carboxylic acid groups (broad SMARTS) is 1. The van der Waals surface area contributed by atoms with Gasteiger partial charge in [-0.15, -0.1) is 0 Å². The van der Waals surface area contributed by atoms with Gasteiger partial charge in [0.15, 0.2) is 0 Å².